The first kappa shape index (κ1) is 15.1. The summed E-state index contributed by atoms with van der Waals surface area (Å²) in [5.74, 6) is 1.33. The smallest absolute Gasteiger partial charge is 0.234 e. The molecule has 0 bridgehead atoms. The van der Waals surface area contributed by atoms with Gasteiger partial charge in [0.25, 0.3) is 0 Å². The third-order valence-electron chi connectivity index (χ3n) is 2.81. The molecule has 2 nitrogen and oxygen atoms in total. The number of hydrogen-bond donors (Lipinski definition) is 1. The molecule has 0 aliphatic rings. The van der Waals surface area contributed by atoms with Crippen LogP contribution < -0.4 is 5.32 Å². The zero-order valence-corrected chi connectivity index (χ0v) is 13.6. The maximum absolute atomic E-state index is 11.9. The molecular weight excluding hydrogens is 334 g/mol. The first-order valence-electron chi connectivity index (χ1n) is 6.33. The average Bonchev–Trinajstić information content (AvgIpc) is 2.41. The van der Waals surface area contributed by atoms with Gasteiger partial charge in [-0.05, 0) is 36.2 Å². The molecule has 0 aliphatic heterocycles. The lowest BCUT2D eigenvalue weighted by Gasteiger charge is -2.08. The minimum Gasteiger partial charge on any atom is -0.325 e. The molecule has 0 saturated heterocycles. The van der Waals surface area contributed by atoms with Crippen molar-refractivity contribution in [3.63, 3.8) is 0 Å². The van der Waals surface area contributed by atoms with Gasteiger partial charge in [0, 0.05) is 15.9 Å². The van der Waals surface area contributed by atoms with Crippen LogP contribution >= 0.6 is 27.7 Å². The Labute approximate surface area is 132 Å². The SMILES string of the molecule is Cc1ccccc1NC(=O)CSCc1cccc(Br)c1. The largest absolute Gasteiger partial charge is 0.325 e. The molecule has 0 atom stereocenters. The van der Waals surface area contributed by atoms with Crippen molar-refractivity contribution in [1.29, 1.82) is 0 Å². The van der Waals surface area contributed by atoms with E-state index in [1.165, 1.54) is 5.56 Å². The van der Waals surface area contributed by atoms with Gasteiger partial charge in [0.1, 0.15) is 0 Å². The van der Waals surface area contributed by atoms with E-state index >= 15 is 0 Å². The topological polar surface area (TPSA) is 29.1 Å². The van der Waals surface area contributed by atoms with Crippen molar-refractivity contribution in [2.24, 2.45) is 0 Å². The van der Waals surface area contributed by atoms with Crippen molar-refractivity contribution in [3.8, 4) is 0 Å². The minimum atomic E-state index is 0.0410. The monoisotopic (exact) mass is 349 g/mol. The Balaban J connectivity index is 1.80. The van der Waals surface area contributed by atoms with Crippen LogP contribution in [0.4, 0.5) is 5.69 Å². The van der Waals surface area contributed by atoms with Gasteiger partial charge in [-0.15, -0.1) is 11.8 Å². The standard InChI is InChI=1S/C16H16BrNOS/c1-12-5-2-3-8-15(12)18-16(19)11-20-10-13-6-4-7-14(17)9-13/h2-9H,10-11H2,1H3,(H,18,19). The quantitative estimate of drug-likeness (QED) is 0.852. The van der Waals surface area contributed by atoms with Crippen LogP contribution in [0.15, 0.2) is 53.0 Å². The Morgan fingerprint density at radius 3 is 2.75 bits per heavy atom. The summed E-state index contributed by atoms with van der Waals surface area (Å²) in [4.78, 5) is 11.9. The van der Waals surface area contributed by atoms with Crippen molar-refractivity contribution < 1.29 is 4.79 Å². The molecule has 2 aromatic rings. The van der Waals surface area contributed by atoms with E-state index in [1.54, 1.807) is 11.8 Å². The highest BCUT2D eigenvalue weighted by molar-refractivity contribution is 9.10. The van der Waals surface area contributed by atoms with Crippen LogP contribution in [0.5, 0.6) is 0 Å². The number of nitrogens with one attached hydrogen (secondary N) is 1. The summed E-state index contributed by atoms with van der Waals surface area (Å²) in [6.07, 6.45) is 0. The van der Waals surface area contributed by atoms with E-state index in [2.05, 4.69) is 33.4 Å². The third-order valence-corrected chi connectivity index (χ3v) is 4.31. The number of anilines is 1. The Morgan fingerprint density at radius 1 is 1.20 bits per heavy atom. The van der Waals surface area contributed by atoms with Gasteiger partial charge in [-0.2, -0.15) is 0 Å². The minimum absolute atomic E-state index is 0.0410. The van der Waals surface area contributed by atoms with Crippen molar-refractivity contribution in [3.05, 3.63) is 64.1 Å². The molecule has 0 aliphatic carbocycles. The summed E-state index contributed by atoms with van der Waals surface area (Å²) in [5.41, 5.74) is 3.19. The van der Waals surface area contributed by atoms with Gasteiger partial charge < -0.3 is 5.32 Å². The predicted octanol–water partition coefficient (Wildman–Crippen LogP) is 4.63. The molecular formula is C16H16BrNOS. The summed E-state index contributed by atoms with van der Waals surface area (Å²) in [7, 11) is 0. The number of carbonyl (C=O) groups is 1. The van der Waals surface area contributed by atoms with Crippen molar-refractivity contribution in [2.75, 3.05) is 11.1 Å². The number of halogens is 1. The summed E-state index contributed by atoms with van der Waals surface area (Å²) in [5, 5.41) is 2.94. The second kappa shape index (κ2) is 7.50. The summed E-state index contributed by atoms with van der Waals surface area (Å²) in [6.45, 7) is 1.99. The number of thioether (sulfide) groups is 1. The predicted molar refractivity (Wildman–Crippen MR) is 90.1 cm³/mol. The lowest BCUT2D eigenvalue weighted by atomic mass is 10.2. The maximum atomic E-state index is 11.9. The van der Waals surface area contributed by atoms with E-state index < -0.39 is 0 Å². The van der Waals surface area contributed by atoms with E-state index in [0.29, 0.717) is 5.75 Å². The molecule has 4 heteroatoms. The molecule has 1 amide bonds. The van der Waals surface area contributed by atoms with Crippen LogP contribution in [0, 0.1) is 6.92 Å². The number of amides is 1. The Bertz CT molecular complexity index is 601. The van der Waals surface area contributed by atoms with Gasteiger partial charge in [0.2, 0.25) is 5.91 Å². The van der Waals surface area contributed by atoms with Crippen LogP contribution in [0.3, 0.4) is 0 Å². The number of aryl methyl sites for hydroxylation is 1. The molecule has 0 aromatic heterocycles. The lowest BCUT2D eigenvalue weighted by molar-refractivity contribution is -0.113. The average molecular weight is 350 g/mol. The maximum Gasteiger partial charge on any atom is 0.234 e. The van der Waals surface area contributed by atoms with E-state index in [1.807, 2.05) is 43.3 Å². The van der Waals surface area contributed by atoms with Gasteiger partial charge in [0.05, 0.1) is 5.75 Å². The molecule has 2 rings (SSSR count). The summed E-state index contributed by atoms with van der Waals surface area (Å²) in [6, 6.07) is 16.0. The molecule has 0 unspecified atom stereocenters. The van der Waals surface area contributed by atoms with E-state index in [0.717, 1.165) is 21.5 Å². The molecule has 0 heterocycles. The number of hydrogen-bond acceptors (Lipinski definition) is 2. The summed E-state index contributed by atoms with van der Waals surface area (Å²) >= 11 is 5.06. The fourth-order valence-corrected chi connectivity index (χ4v) is 3.01. The Morgan fingerprint density at radius 2 is 2.00 bits per heavy atom. The Hall–Kier alpha value is -1.26. The van der Waals surface area contributed by atoms with Crippen molar-refractivity contribution in [2.45, 2.75) is 12.7 Å². The van der Waals surface area contributed by atoms with Gasteiger partial charge in [-0.25, -0.2) is 0 Å². The number of rotatable bonds is 5. The molecule has 20 heavy (non-hydrogen) atoms. The van der Waals surface area contributed by atoms with Crippen molar-refractivity contribution >= 4 is 39.3 Å². The second-order valence-electron chi connectivity index (χ2n) is 4.49. The van der Waals surface area contributed by atoms with E-state index in [4.69, 9.17) is 0 Å². The van der Waals surface area contributed by atoms with E-state index in [9.17, 15) is 4.79 Å². The highest BCUT2D eigenvalue weighted by Gasteiger charge is 2.04. The van der Waals surface area contributed by atoms with Gasteiger partial charge >= 0.3 is 0 Å². The molecule has 104 valence electrons. The van der Waals surface area contributed by atoms with Crippen LogP contribution in [-0.2, 0) is 10.5 Å². The molecule has 0 radical (unpaired) electrons. The highest BCUT2D eigenvalue weighted by Crippen LogP contribution is 2.18. The fourth-order valence-electron chi connectivity index (χ4n) is 1.79. The second-order valence-corrected chi connectivity index (χ2v) is 6.39. The molecule has 0 spiro atoms. The first-order valence-corrected chi connectivity index (χ1v) is 8.27. The zero-order chi connectivity index (χ0) is 14.4. The van der Waals surface area contributed by atoms with Gasteiger partial charge in [-0.1, -0.05) is 46.3 Å². The highest BCUT2D eigenvalue weighted by atomic mass is 79.9. The van der Waals surface area contributed by atoms with E-state index in [-0.39, 0.29) is 5.91 Å². The molecule has 0 saturated carbocycles. The lowest BCUT2D eigenvalue weighted by Crippen LogP contribution is -2.14. The Kier molecular flexibility index (Phi) is 5.68. The third kappa shape index (κ3) is 4.69. The number of benzene rings is 2. The first-order chi connectivity index (χ1) is 9.65. The van der Waals surface area contributed by atoms with Crippen LogP contribution in [-0.4, -0.2) is 11.7 Å². The van der Waals surface area contributed by atoms with Crippen LogP contribution in [0.25, 0.3) is 0 Å². The zero-order valence-electron chi connectivity index (χ0n) is 11.2. The summed E-state index contributed by atoms with van der Waals surface area (Å²) < 4.78 is 1.07. The fraction of sp³-hybridized carbons (Fsp3) is 0.188. The van der Waals surface area contributed by atoms with Crippen LogP contribution in [0.1, 0.15) is 11.1 Å². The van der Waals surface area contributed by atoms with Crippen LogP contribution in [0.2, 0.25) is 0 Å². The number of para-hydroxylation sites is 1. The molecule has 2 aromatic carbocycles. The number of carbonyl (C=O) groups excluding carboxylic acids is 1. The molecule has 1 N–H and O–H groups in total. The molecule has 0 fully saturated rings. The van der Waals surface area contributed by atoms with Gasteiger partial charge in [0.15, 0.2) is 0 Å². The normalized spacial score (nSPS) is 10.3. The van der Waals surface area contributed by atoms with Gasteiger partial charge in [-0.3, -0.25) is 4.79 Å². The van der Waals surface area contributed by atoms with Crippen molar-refractivity contribution in [1.82, 2.24) is 0 Å².